The average molecular weight is 456 g/mol. The van der Waals surface area contributed by atoms with Crippen molar-refractivity contribution in [2.45, 2.75) is 32.0 Å². The number of H-pyrrole nitrogens is 1. The number of thiocarbonyl (C=S) groups is 1. The first-order chi connectivity index (χ1) is 15.5. The van der Waals surface area contributed by atoms with E-state index < -0.39 is 0 Å². The molecule has 3 aromatic rings. The number of hydrogen-bond acceptors (Lipinski definition) is 4. The summed E-state index contributed by atoms with van der Waals surface area (Å²) in [5.41, 5.74) is 2.01. The third-order valence-electron chi connectivity index (χ3n) is 5.57. The Bertz CT molecular complexity index is 1140. The lowest BCUT2D eigenvalue weighted by Crippen LogP contribution is -2.42. The second-order valence-corrected chi connectivity index (χ2v) is 8.27. The number of aromatic amines is 1. The van der Waals surface area contributed by atoms with Crippen molar-refractivity contribution in [2.75, 3.05) is 20.3 Å². The molecule has 1 aliphatic heterocycles. The van der Waals surface area contributed by atoms with Crippen LogP contribution in [-0.2, 0) is 17.8 Å². The molecule has 2 heterocycles. The van der Waals surface area contributed by atoms with E-state index in [-0.39, 0.29) is 17.5 Å². The van der Waals surface area contributed by atoms with E-state index in [4.69, 9.17) is 21.7 Å². The summed E-state index contributed by atoms with van der Waals surface area (Å²) in [7, 11) is 1.59. The molecule has 0 aliphatic carbocycles. The summed E-state index contributed by atoms with van der Waals surface area (Å²) >= 11 is 5.66. The van der Waals surface area contributed by atoms with Crippen LogP contribution < -0.4 is 15.6 Å². The predicted molar refractivity (Wildman–Crippen MR) is 126 cm³/mol. The maximum Gasteiger partial charge on any atom is 0.253 e. The van der Waals surface area contributed by atoms with Crippen LogP contribution in [0.5, 0.6) is 5.75 Å². The van der Waals surface area contributed by atoms with Crippen molar-refractivity contribution in [3.63, 3.8) is 0 Å². The Labute approximate surface area is 191 Å². The van der Waals surface area contributed by atoms with Crippen LogP contribution in [-0.4, -0.2) is 41.4 Å². The predicted octanol–water partition coefficient (Wildman–Crippen LogP) is 3.73. The molecule has 1 aliphatic rings. The van der Waals surface area contributed by atoms with E-state index in [1.807, 2.05) is 23.1 Å². The van der Waals surface area contributed by atoms with Gasteiger partial charge in [0.2, 0.25) is 0 Å². The number of pyridine rings is 1. The largest absolute Gasteiger partial charge is 0.497 e. The molecule has 0 saturated carbocycles. The minimum atomic E-state index is -0.291. The zero-order chi connectivity index (χ0) is 22.5. The lowest BCUT2D eigenvalue weighted by atomic mass is 10.1. The van der Waals surface area contributed by atoms with Gasteiger partial charge < -0.3 is 24.7 Å². The Balaban J connectivity index is 1.56. The van der Waals surface area contributed by atoms with Crippen molar-refractivity contribution >= 4 is 28.2 Å². The van der Waals surface area contributed by atoms with E-state index in [0.29, 0.717) is 41.6 Å². The molecule has 1 aromatic heterocycles. The van der Waals surface area contributed by atoms with E-state index in [1.165, 1.54) is 12.1 Å². The van der Waals surface area contributed by atoms with E-state index in [9.17, 15) is 9.18 Å². The lowest BCUT2D eigenvalue weighted by molar-refractivity contribution is 0.113. The zero-order valence-electron chi connectivity index (χ0n) is 17.9. The van der Waals surface area contributed by atoms with E-state index in [0.717, 1.165) is 30.4 Å². The van der Waals surface area contributed by atoms with Crippen molar-refractivity contribution in [2.24, 2.45) is 0 Å². The fourth-order valence-electron chi connectivity index (χ4n) is 3.80. The Hall–Kier alpha value is -2.97. The van der Waals surface area contributed by atoms with Gasteiger partial charge >= 0.3 is 0 Å². The van der Waals surface area contributed by atoms with Crippen LogP contribution in [0, 0.1) is 5.82 Å². The first-order valence-electron chi connectivity index (χ1n) is 10.6. The highest BCUT2D eigenvalue weighted by Gasteiger charge is 2.18. The van der Waals surface area contributed by atoms with Crippen LogP contribution in [0.4, 0.5) is 4.39 Å². The second kappa shape index (κ2) is 10.1. The molecule has 8 heteroatoms. The first-order valence-corrected chi connectivity index (χ1v) is 11.0. The van der Waals surface area contributed by atoms with Gasteiger partial charge in [0.05, 0.1) is 25.3 Å². The van der Waals surface area contributed by atoms with Gasteiger partial charge in [0, 0.05) is 31.3 Å². The van der Waals surface area contributed by atoms with Gasteiger partial charge in [-0.1, -0.05) is 12.1 Å². The third-order valence-corrected chi connectivity index (χ3v) is 5.97. The highest BCUT2D eigenvalue weighted by Crippen LogP contribution is 2.19. The van der Waals surface area contributed by atoms with Gasteiger partial charge in [0.1, 0.15) is 11.6 Å². The third kappa shape index (κ3) is 5.44. The smallest absolute Gasteiger partial charge is 0.253 e. The molecule has 0 bridgehead atoms. The number of rotatable bonds is 7. The maximum atomic E-state index is 13.4. The number of halogens is 1. The molecule has 4 rings (SSSR count). The van der Waals surface area contributed by atoms with Gasteiger partial charge in [-0.15, -0.1) is 0 Å². The Morgan fingerprint density at radius 2 is 2.06 bits per heavy atom. The fourth-order valence-corrected chi connectivity index (χ4v) is 4.02. The summed E-state index contributed by atoms with van der Waals surface area (Å²) in [6.07, 6.45) is 2.19. The fraction of sp³-hybridized carbons (Fsp3) is 0.333. The number of methoxy groups -OCH3 is 1. The lowest BCUT2D eigenvalue weighted by Gasteiger charge is -2.27. The number of nitrogens with zero attached hydrogens (tertiary/aromatic N) is 1. The molecule has 0 spiro atoms. The SMILES string of the molecule is COc1ccc2cc(CN(Cc3ccc(F)cc3)C(=S)NC[C@H]3CCCO3)c(=O)[nH]c2c1. The molecule has 2 aromatic carbocycles. The molecule has 32 heavy (non-hydrogen) atoms. The minimum absolute atomic E-state index is 0.139. The summed E-state index contributed by atoms with van der Waals surface area (Å²) in [4.78, 5) is 17.6. The van der Waals surface area contributed by atoms with Gasteiger partial charge in [-0.05, 0) is 66.3 Å². The highest BCUT2D eigenvalue weighted by atomic mass is 32.1. The molecule has 0 radical (unpaired) electrons. The topological polar surface area (TPSA) is 66.6 Å². The van der Waals surface area contributed by atoms with Gasteiger partial charge in [0.25, 0.3) is 5.56 Å². The Kier molecular flexibility index (Phi) is 7.02. The Morgan fingerprint density at radius 1 is 1.25 bits per heavy atom. The van der Waals surface area contributed by atoms with Gasteiger partial charge in [0.15, 0.2) is 5.11 Å². The molecular formula is C24H26FN3O3S. The molecule has 6 nitrogen and oxygen atoms in total. The summed E-state index contributed by atoms with van der Waals surface area (Å²) < 4.78 is 24.3. The van der Waals surface area contributed by atoms with Crippen LogP contribution in [0.3, 0.4) is 0 Å². The normalized spacial score (nSPS) is 15.6. The standard InChI is InChI=1S/C24H26FN3O3S/c1-30-20-9-6-17-11-18(23(29)27-22(17)12-20)15-28(14-16-4-7-19(25)8-5-16)24(32)26-13-21-3-2-10-31-21/h4-9,11-12,21H,2-3,10,13-15H2,1H3,(H,26,32)(H,27,29)/t21-/m1/s1. The van der Waals surface area contributed by atoms with Crippen molar-refractivity contribution in [3.8, 4) is 5.75 Å². The van der Waals surface area contributed by atoms with Crippen LogP contribution in [0.15, 0.2) is 53.3 Å². The van der Waals surface area contributed by atoms with Gasteiger partial charge in [-0.2, -0.15) is 0 Å². The Morgan fingerprint density at radius 3 is 2.78 bits per heavy atom. The summed E-state index contributed by atoms with van der Waals surface area (Å²) in [5, 5.41) is 4.71. The molecular weight excluding hydrogens is 429 g/mol. The molecule has 1 saturated heterocycles. The molecule has 1 fully saturated rings. The van der Waals surface area contributed by atoms with Crippen LogP contribution in [0.1, 0.15) is 24.0 Å². The zero-order valence-corrected chi connectivity index (χ0v) is 18.7. The van der Waals surface area contributed by atoms with Crippen LogP contribution >= 0.6 is 12.2 Å². The summed E-state index contributed by atoms with van der Waals surface area (Å²) in [5.74, 6) is 0.388. The molecule has 1 atom stereocenters. The number of ether oxygens (including phenoxy) is 2. The quantitative estimate of drug-likeness (QED) is 0.530. The second-order valence-electron chi connectivity index (χ2n) is 7.88. The van der Waals surface area contributed by atoms with Crippen molar-refractivity contribution in [1.29, 1.82) is 0 Å². The maximum absolute atomic E-state index is 13.4. The number of fused-ring (bicyclic) bond motifs is 1. The van der Waals surface area contributed by atoms with Crippen molar-refractivity contribution < 1.29 is 13.9 Å². The molecule has 0 unspecified atom stereocenters. The van der Waals surface area contributed by atoms with E-state index in [1.54, 1.807) is 25.3 Å². The van der Waals surface area contributed by atoms with Crippen LogP contribution in [0.2, 0.25) is 0 Å². The van der Waals surface area contributed by atoms with Crippen molar-refractivity contribution in [3.05, 3.63) is 75.8 Å². The van der Waals surface area contributed by atoms with Gasteiger partial charge in [-0.3, -0.25) is 4.79 Å². The minimum Gasteiger partial charge on any atom is -0.497 e. The number of hydrogen-bond donors (Lipinski definition) is 2. The number of nitrogens with one attached hydrogen (secondary N) is 2. The van der Waals surface area contributed by atoms with E-state index in [2.05, 4.69) is 10.3 Å². The highest BCUT2D eigenvalue weighted by molar-refractivity contribution is 7.80. The van der Waals surface area contributed by atoms with E-state index >= 15 is 0 Å². The molecule has 0 amide bonds. The van der Waals surface area contributed by atoms with Crippen molar-refractivity contribution in [1.82, 2.24) is 15.2 Å². The summed E-state index contributed by atoms with van der Waals surface area (Å²) in [6.45, 7) is 2.14. The number of benzene rings is 2. The van der Waals surface area contributed by atoms with Gasteiger partial charge in [-0.25, -0.2) is 4.39 Å². The molecule has 168 valence electrons. The number of aromatic nitrogens is 1. The van der Waals surface area contributed by atoms with Crippen LogP contribution in [0.25, 0.3) is 10.9 Å². The monoisotopic (exact) mass is 455 g/mol. The summed E-state index contributed by atoms with van der Waals surface area (Å²) in [6, 6.07) is 13.7. The average Bonchev–Trinajstić information content (AvgIpc) is 3.32. The molecule has 2 N–H and O–H groups in total. The first kappa shape index (κ1) is 22.2.